The third-order valence-corrected chi connectivity index (χ3v) is 5.01. The zero-order valence-electron chi connectivity index (χ0n) is 14.3. The molecule has 2 N–H and O–H groups in total. The van der Waals surface area contributed by atoms with Crippen LogP contribution in [0.5, 0.6) is 0 Å². The number of carbonyl (C=O) groups excluding carboxylic acids is 3. The summed E-state index contributed by atoms with van der Waals surface area (Å²) < 4.78 is 1.97. The fourth-order valence-electron chi connectivity index (χ4n) is 3.12. The summed E-state index contributed by atoms with van der Waals surface area (Å²) in [5.41, 5.74) is 2.33. The molecule has 1 fully saturated rings. The van der Waals surface area contributed by atoms with E-state index in [2.05, 4.69) is 10.6 Å². The van der Waals surface area contributed by atoms with Crippen LogP contribution >= 0.6 is 23.2 Å². The van der Waals surface area contributed by atoms with E-state index in [-0.39, 0.29) is 5.57 Å². The molecule has 1 saturated heterocycles. The largest absolute Gasteiger partial charge is 0.342 e. The maximum Gasteiger partial charge on any atom is 0.328 e. The van der Waals surface area contributed by atoms with E-state index in [4.69, 9.17) is 23.2 Å². The lowest BCUT2D eigenvalue weighted by Gasteiger charge is -2.13. The van der Waals surface area contributed by atoms with Crippen molar-refractivity contribution in [1.82, 2.24) is 15.2 Å². The molecule has 0 aliphatic carbocycles. The van der Waals surface area contributed by atoms with Gasteiger partial charge in [-0.2, -0.15) is 0 Å². The number of imide groups is 2. The minimum absolute atomic E-state index is 0.132. The van der Waals surface area contributed by atoms with Crippen molar-refractivity contribution >= 4 is 58.0 Å². The van der Waals surface area contributed by atoms with Crippen molar-refractivity contribution in [3.05, 3.63) is 75.4 Å². The molecule has 0 atom stereocenters. The summed E-state index contributed by atoms with van der Waals surface area (Å²) in [4.78, 5) is 35.3. The van der Waals surface area contributed by atoms with Crippen molar-refractivity contribution in [2.45, 2.75) is 6.54 Å². The predicted molar refractivity (Wildman–Crippen MR) is 107 cm³/mol. The molecule has 1 aromatic heterocycles. The second-order valence-corrected chi connectivity index (χ2v) is 7.10. The molecular formula is C20H13Cl2N3O3. The molecule has 6 nitrogen and oxygen atoms in total. The van der Waals surface area contributed by atoms with Gasteiger partial charge in [0.15, 0.2) is 0 Å². The first kappa shape index (κ1) is 18.3. The number of para-hydroxylation sites is 1. The molecular weight excluding hydrogens is 401 g/mol. The Morgan fingerprint density at radius 3 is 2.39 bits per heavy atom. The zero-order valence-corrected chi connectivity index (χ0v) is 15.8. The van der Waals surface area contributed by atoms with E-state index in [9.17, 15) is 14.4 Å². The van der Waals surface area contributed by atoms with Crippen LogP contribution in [0.2, 0.25) is 10.0 Å². The smallest absolute Gasteiger partial charge is 0.328 e. The van der Waals surface area contributed by atoms with E-state index < -0.39 is 17.8 Å². The number of rotatable bonds is 3. The molecule has 2 aromatic carbocycles. The highest BCUT2D eigenvalue weighted by molar-refractivity contribution is 6.35. The maximum atomic E-state index is 12.0. The third-order valence-electron chi connectivity index (χ3n) is 4.42. The Hall–Kier alpha value is -3.09. The van der Waals surface area contributed by atoms with Gasteiger partial charge in [-0.3, -0.25) is 20.2 Å². The molecule has 2 heterocycles. The van der Waals surface area contributed by atoms with Crippen molar-refractivity contribution in [2.24, 2.45) is 0 Å². The molecule has 3 aromatic rings. The summed E-state index contributed by atoms with van der Waals surface area (Å²) in [5.74, 6) is -1.46. The number of carbonyl (C=O) groups is 3. The molecule has 0 spiro atoms. The zero-order chi connectivity index (χ0) is 19.8. The van der Waals surface area contributed by atoms with Crippen LogP contribution in [0.4, 0.5) is 4.79 Å². The Labute approximate surface area is 169 Å². The Kier molecular flexibility index (Phi) is 4.66. The molecule has 0 unspecified atom stereocenters. The number of nitrogens with one attached hydrogen (secondary N) is 2. The number of barbiturate groups is 1. The number of benzene rings is 2. The van der Waals surface area contributed by atoms with Crippen molar-refractivity contribution in [3.8, 4) is 0 Å². The lowest BCUT2D eigenvalue weighted by atomic mass is 10.1. The minimum atomic E-state index is -0.827. The van der Waals surface area contributed by atoms with Gasteiger partial charge in [0.05, 0.1) is 0 Å². The van der Waals surface area contributed by atoms with Crippen LogP contribution in [0.25, 0.3) is 17.0 Å². The number of nitrogens with zero attached hydrogens (tertiary/aromatic N) is 1. The first-order valence-electron chi connectivity index (χ1n) is 8.32. The van der Waals surface area contributed by atoms with Gasteiger partial charge in [-0.15, -0.1) is 0 Å². The van der Waals surface area contributed by atoms with Gasteiger partial charge >= 0.3 is 6.03 Å². The van der Waals surface area contributed by atoms with Gasteiger partial charge in [0.1, 0.15) is 5.57 Å². The Morgan fingerprint density at radius 2 is 1.68 bits per heavy atom. The normalized spacial score (nSPS) is 14.2. The Bertz CT molecular complexity index is 1160. The second-order valence-electron chi connectivity index (χ2n) is 6.26. The summed E-state index contributed by atoms with van der Waals surface area (Å²) in [5, 5.41) is 6.11. The number of aromatic nitrogens is 1. The van der Waals surface area contributed by atoms with E-state index in [0.29, 0.717) is 22.2 Å². The minimum Gasteiger partial charge on any atom is -0.342 e. The lowest BCUT2D eigenvalue weighted by molar-refractivity contribution is -0.123. The number of fused-ring (bicyclic) bond motifs is 1. The van der Waals surface area contributed by atoms with Crippen LogP contribution < -0.4 is 10.6 Å². The summed E-state index contributed by atoms with van der Waals surface area (Å²) in [6, 6.07) is 12.1. The molecule has 1 aliphatic rings. The summed E-state index contributed by atoms with van der Waals surface area (Å²) in [6.07, 6.45) is 3.30. The van der Waals surface area contributed by atoms with Crippen LogP contribution in [0, 0.1) is 0 Å². The van der Waals surface area contributed by atoms with Crippen molar-refractivity contribution < 1.29 is 14.4 Å². The SMILES string of the molecule is O=C1NC(=O)C(=Cc2cn(Cc3ccc(Cl)cc3Cl)c3ccccc23)C(=O)N1. The fourth-order valence-corrected chi connectivity index (χ4v) is 3.58. The molecule has 0 bridgehead atoms. The highest BCUT2D eigenvalue weighted by atomic mass is 35.5. The number of hydrogen-bond donors (Lipinski definition) is 2. The monoisotopic (exact) mass is 413 g/mol. The highest BCUT2D eigenvalue weighted by Gasteiger charge is 2.28. The van der Waals surface area contributed by atoms with E-state index in [1.54, 1.807) is 12.1 Å². The quantitative estimate of drug-likeness (QED) is 0.506. The van der Waals surface area contributed by atoms with Crippen LogP contribution in [-0.2, 0) is 16.1 Å². The third kappa shape index (κ3) is 3.40. The number of halogens is 2. The standard InChI is InChI=1S/C20H13Cl2N3O3/c21-13-6-5-11(16(22)8-13)9-25-10-12(14-3-1-2-4-17(14)25)7-15-18(26)23-20(28)24-19(15)27/h1-8,10H,9H2,(H2,23,24,26,27,28). The maximum absolute atomic E-state index is 12.0. The van der Waals surface area contributed by atoms with E-state index in [1.807, 2.05) is 41.1 Å². The van der Waals surface area contributed by atoms with Crippen LogP contribution in [-0.4, -0.2) is 22.4 Å². The molecule has 28 heavy (non-hydrogen) atoms. The fraction of sp³-hybridized carbons (Fsp3) is 0.0500. The van der Waals surface area contributed by atoms with Crippen molar-refractivity contribution in [3.63, 3.8) is 0 Å². The van der Waals surface area contributed by atoms with Crippen LogP contribution in [0.1, 0.15) is 11.1 Å². The van der Waals surface area contributed by atoms with Gasteiger partial charge in [0.25, 0.3) is 11.8 Å². The van der Waals surface area contributed by atoms with Gasteiger partial charge in [-0.1, -0.05) is 47.5 Å². The van der Waals surface area contributed by atoms with Crippen molar-refractivity contribution in [2.75, 3.05) is 0 Å². The van der Waals surface area contributed by atoms with E-state index in [1.165, 1.54) is 6.08 Å². The van der Waals surface area contributed by atoms with E-state index in [0.717, 1.165) is 16.5 Å². The summed E-state index contributed by atoms with van der Waals surface area (Å²) in [6.45, 7) is 0.483. The average molecular weight is 414 g/mol. The Balaban J connectivity index is 1.79. The lowest BCUT2D eigenvalue weighted by Crippen LogP contribution is -2.51. The molecule has 8 heteroatoms. The highest BCUT2D eigenvalue weighted by Crippen LogP contribution is 2.27. The number of urea groups is 1. The summed E-state index contributed by atoms with van der Waals surface area (Å²) >= 11 is 12.3. The molecule has 4 rings (SSSR count). The van der Waals surface area contributed by atoms with Gasteiger partial charge < -0.3 is 4.57 Å². The van der Waals surface area contributed by atoms with Crippen LogP contribution in [0.15, 0.2) is 54.2 Å². The molecule has 0 radical (unpaired) electrons. The van der Waals surface area contributed by atoms with E-state index >= 15 is 0 Å². The first-order chi connectivity index (χ1) is 13.4. The summed E-state index contributed by atoms with van der Waals surface area (Å²) in [7, 11) is 0. The van der Waals surface area contributed by atoms with Gasteiger partial charge in [-0.05, 0) is 29.8 Å². The van der Waals surface area contributed by atoms with Gasteiger partial charge in [-0.25, -0.2) is 4.79 Å². The first-order valence-corrected chi connectivity index (χ1v) is 9.08. The Morgan fingerprint density at radius 1 is 0.964 bits per heavy atom. The van der Waals surface area contributed by atoms with Gasteiger partial charge in [0.2, 0.25) is 0 Å². The van der Waals surface area contributed by atoms with Crippen LogP contribution in [0.3, 0.4) is 0 Å². The molecule has 140 valence electrons. The molecule has 1 aliphatic heterocycles. The average Bonchev–Trinajstić information content (AvgIpc) is 2.98. The number of hydrogen-bond acceptors (Lipinski definition) is 3. The number of amides is 4. The topological polar surface area (TPSA) is 80.2 Å². The molecule has 4 amide bonds. The second kappa shape index (κ2) is 7.14. The predicted octanol–water partition coefficient (Wildman–Crippen LogP) is 3.75. The van der Waals surface area contributed by atoms with Gasteiger partial charge in [0, 0.05) is 39.3 Å². The molecule has 0 saturated carbocycles. The van der Waals surface area contributed by atoms with Crippen molar-refractivity contribution in [1.29, 1.82) is 0 Å².